The monoisotopic (exact) mass is 412 g/mol. The van der Waals surface area contributed by atoms with Gasteiger partial charge in [-0.2, -0.15) is 5.26 Å². The molecule has 3 aromatic rings. The highest BCUT2D eigenvalue weighted by atomic mass is 16.5. The van der Waals surface area contributed by atoms with Gasteiger partial charge in [0.15, 0.2) is 0 Å². The van der Waals surface area contributed by atoms with Crippen LogP contribution in [-0.2, 0) is 4.79 Å². The fourth-order valence-corrected chi connectivity index (χ4v) is 3.22. The minimum atomic E-state index is -0.497. The summed E-state index contributed by atoms with van der Waals surface area (Å²) < 4.78 is 5.67. The summed E-state index contributed by atoms with van der Waals surface area (Å²) >= 11 is 0. The van der Waals surface area contributed by atoms with E-state index in [0.29, 0.717) is 33.7 Å². The lowest BCUT2D eigenvalue weighted by molar-refractivity contribution is -0.116. The molecule has 0 spiro atoms. The van der Waals surface area contributed by atoms with E-state index < -0.39 is 17.7 Å². The molecule has 0 radical (unpaired) electrons. The Morgan fingerprint density at radius 3 is 2.45 bits per heavy atom. The maximum atomic E-state index is 12.5. The molecule has 0 aliphatic carbocycles. The number of ether oxygens (including phenoxy) is 1. The number of imide groups is 1. The van der Waals surface area contributed by atoms with E-state index in [0.717, 1.165) is 4.90 Å². The van der Waals surface area contributed by atoms with Crippen molar-refractivity contribution in [2.45, 2.75) is 6.92 Å². The third kappa shape index (κ3) is 3.84. The van der Waals surface area contributed by atoms with E-state index in [1.54, 1.807) is 61.5 Å². The first-order valence-electron chi connectivity index (χ1n) is 9.36. The van der Waals surface area contributed by atoms with Crippen molar-refractivity contribution in [2.24, 2.45) is 0 Å². The molecule has 3 amide bonds. The average molecular weight is 412 g/mol. The van der Waals surface area contributed by atoms with Gasteiger partial charge in [0, 0.05) is 11.9 Å². The van der Waals surface area contributed by atoms with Crippen LogP contribution in [0.1, 0.15) is 31.8 Å². The van der Waals surface area contributed by atoms with Crippen LogP contribution in [0.5, 0.6) is 11.6 Å². The molecule has 0 saturated heterocycles. The fourth-order valence-electron chi connectivity index (χ4n) is 3.22. The first kappa shape index (κ1) is 19.8. The second-order valence-corrected chi connectivity index (χ2v) is 6.84. The number of carbonyl (C=O) groups excluding carboxylic acids is 3. The SMILES string of the molecule is Cc1cc(Oc2ncccc2C#N)ccc1NC(=O)CN1C(=O)c2ccccc2C1=O. The molecule has 1 N–H and O–H groups in total. The van der Waals surface area contributed by atoms with Gasteiger partial charge in [0.05, 0.1) is 11.1 Å². The van der Waals surface area contributed by atoms with Crippen LogP contribution >= 0.6 is 0 Å². The molecule has 0 fully saturated rings. The number of fused-ring (bicyclic) bond motifs is 1. The van der Waals surface area contributed by atoms with Gasteiger partial charge in [-0.25, -0.2) is 4.98 Å². The molecule has 0 bridgehead atoms. The number of anilines is 1. The summed E-state index contributed by atoms with van der Waals surface area (Å²) in [6, 6.07) is 16.7. The van der Waals surface area contributed by atoms with Crippen LogP contribution < -0.4 is 10.1 Å². The van der Waals surface area contributed by atoms with Gasteiger partial charge in [0.2, 0.25) is 11.8 Å². The van der Waals surface area contributed by atoms with Crippen LogP contribution in [0.15, 0.2) is 60.8 Å². The zero-order valence-electron chi connectivity index (χ0n) is 16.5. The van der Waals surface area contributed by atoms with Gasteiger partial charge < -0.3 is 10.1 Å². The number of rotatable bonds is 5. The van der Waals surface area contributed by atoms with Crippen molar-refractivity contribution in [1.82, 2.24) is 9.88 Å². The van der Waals surface area contributed by atoms with Gasteiger partial charge in [-0.3, -0.25) is 19.3 Å². The minimum Gasteiger partial charge on any atom is -0.438 e. The number of nitriles is 1. The number of amides is 3. The lowest BCUT2D eigenvalue weighted by Gasteiger charge is -2.15. The van der Waals surface area contributed by atoms with Crippen molar-refractivity contribution >= 4 is 23.4 Å². The Balaban J connectivity index is 1.44. The van der Waals surface area contributed by atoms with Crippen LogP contribution in [0, 0.1) is 18.3 Å². The maximum Gasteiger partial charge on any atom is 0.262 e. The van der Waals surface area contributed by atoms with Gasteiger partial charge in [0.25, 0.3) is 11.8 Å². The lowest BCUT2D eigenvalue weighted by atomic mass is 10.1. The first-order chi connectivity index (χ1) is 15.0. The van der Waals surface area contributed by atoms with E-state index in [1.165, 1.54) is 6.20 Å². The minimum absolute atomic E-state index is 0.187. The Morgan fingerprint density at radius 2 is 1.81 bits per heavy atom. The van der Waals surface area contributed by atoms with Crippen molar-refractivity contribution in [3.8, 4) is 17.7 Å². The zero-order valence-corrected chi connectivity index (χ0v) is 16.5. The number of benzene rings is 2. The fraction of sp³-hybridized carbons (Fsp3) is 0.0870. The van der Waals surface area contributed by atoms with Crippen LogP contribution in [0.3, 0.4) is 0 Å². The molecule has 8 heteroatoms. The van der Waals surface area contributed by atoms with E-state index >= 15 is 0 Å². The largest absolute Gasteiger partial charge is 0.438 e. The van der Waals surface area contributed by atoms with Gasteiger partial charge in [-0.15, -0.1) is 0 Å². The Hall–Kier alpha value is -4.51. The molecule has 2 heterocycles. The average Bonchev–Trinajstić information content (AvgIpc) is 3.01. The van der Waals surface area contributed by atoms with Gasteiger partial charge in [0.1, 0.15) is 23.9 Å². The summed E-state index contributed by atoms with van der Waals surface area (Å²) in [5.41, 5.74) is 2.10. The van der Waals surface area contributed by atoms with Crippen molar-refractivity contribution < 1.29 is 19.1 Å². The van der Waals surface area contributed by atoms with Crippen LogP contribution in [-0.4, -0.2) is 34.2 Å². The molecule has 2 aromatic carbocycles. The number of pyridine rings is 1. The summed E-state index contributed by atoms with van der Waals surface area (Å²) in [7, 11) is 0. The normalized spacial score (nSPS) is 12.3. The van der Waals surface area contributed by atoms with Crippen LogP contribution in [0.4, 0.5) is 5.69 Å². The number of carbonyl (C=O) groups is 3. The molecular weight excluding hydrogens is 396 g/mol. The third-order valence-electron chi connectivity index (χ3n) is 4.76. The predicted octanol–water partition coefficient (Wildman–Crippen LogP) is 3.29. The van der Waals surface area contributed by atoms with Gasteiger partial charge in [-0.1, -0.05) is 12.1 Å². The van der Waals surface area contributed by atoms with E-state index in [4.69, 9.17) is 10.00 Å². The smallest absolute Gasteiger partial charge is 0.262 e. The molecule has 1 aromatic heterocycles. The topological polar surface area (TPSA) is 112 Å². The zero-order chi connectivity index (χ0) is 22.0. The van der Waals surface area contributed by atoms with Gasteiger partial charge >= 0.3 is 0 Å². The van der Waals surface area contributed by atoms with Gasteiger partial charge in [-0.05, 0) is 55.0 Å². The second-order valence-electron chi connectivity index (χ2n) is 6.84. The van der Waals surface area contributed by atoms with Crippen molar-refractivity contribution in [2.75, 3.05) is 11.9 Å². The Kier molecular flexibility index (Phi) is 5.16. The summed E-state index contributed by atoms with van der Waals surface area (Å²) in [4.78, 5) is 42.3. The highest BCUT2D eigenvalue weighted by molar-refractivity contribution is 6.22. The summed E-state index contributed by atoms with van der Waals surface area (Å²) in [5.74, 6) is -0.833. The number of aromatic nitrogens is 1. The molecule has 152 valence electrons. The summed E-state index contributed by atoms with van der Waals surface area (Å²) in [6.45, 7) is 1.39. The highest BCUT2D eigenvalue weighted by Crippen LogP contribution is 2.27. The van der Waals surface area contributed by atoms with E-state index in [-0.39, 0.29) is 12.4 Å². The number of hydrogen-bond donors (Lipinski definition) is 1. The first-order valence-corrected chi connectivity index (χ1v) is 9.36. The van der Waals surface area contributed by atoms with E-state index in [1.807, 2.05) is 6.07 Å². The Morgan fingerprint density at radius 1 is 1.10 bits per heavy atom. The van der Waals surface area contributed by atoms with Crippen molar-refractivity contribution in [3.05, 3.63) is 83.0 Å². The summed E-state index contributed by atoms with van der Waals surface area (Å²) in [5, 5.41) is 11.8. The van der Waals surface area contributed by atoms with Crippen LogP contribution in [0.25, 0.3) is 0 Å². The molecule has 1 aliphatic heterocycles. The van der Waals surface area contributed by atoms with Crippen molar-refractivity contribution in [3.63, 3.8) is 0 Å². The molecule has 0 unspecified atom stereocenters. The molecular formula is C23H16N4O4. The quantitative estimate of drug-likeness (QED) is 0.644. The van der Waals surface area contributed by atoms with Crippen molar-refractivity contribution in [1.29, 1.82) is 5.26 Å². The highest BCUT2D eigenvalue weighted by Gasteiger charge is 2.36. The molecule has 0 atom stereocenters. The Labute approximate surface area is 177 Å². The standard InChI is InChI=1S/C23H16N4O4/c1-14-11-16(31-21-15(12-24)5-4-10-25-21)8-9-19(14)26-20(28)13-27-22(29)17-6-2-3-7-18(17)23(27)30/h2-11H,13H2,1H3,(H,26,28). The molecule has 0 saturated carbocycles. The molecule has 8 nitrogen and oxygen atoms in total. The maximum absolute atomic E-state index is 12.5. The molecule has 31 heavy (non-hydrogen) atoms. The number of hydrogen-bond acceptors (Lipinski definition) is 6. The van der Waals surface area contributed by atoms with E-state index in [9.17, 15) is 14.4 Å². The number of aryl methyl sites for hydroxylation is 1. The van der Waals surface area contributed by atoms with E-state index in [2.05, 4.69) is 10.3 Å². The third-order valence-corrected chi connectivity index (χ3v) is 4.76. The van der Waals surface area contributed by atoms with Crippen LogP contribution in [0.2, 0.25) is 0 Å². The lowest BCUT2D eigenvalue weighted by Crippen LogP contribution is -2.37. The molecule has 4 rings (SSSR count). The Bertz CT molecular complexity index is 1230. The predicted molar refractivity (Wildman–Crippen MR) is 111 cm³/mol. The number of nitrogens with one attached hydrogen (secondary N) is 1. The summed E-state index contributed by atoms with van der Waals surface area (Å²) in [6.07, 6.45) is 1.52. The second kappa shape index (κ2) is 8.08. The molecule has 1 aliphatic rings. The number of nitrogens with zero attached hydrogens (tertiary/aromatic N) is 3.